The Balaban J connectivity index is 1.97. The van der Waals surface area contributed by atoms with E-state index in [2.05, 4.69) is 4.98 Å². The number of nitrogens with two attached hydrogens (primary N) is 1. The Kier molecular flexibility index (Phi) is 4.02. The number of benzene rings is 2. The largest absolute Gasteiger partial charge is 0.487 e. The zero-order valence-corrected chi connectivity index (χ0v) is 13.4. The number of rotatable bonds is 4. The van der Waals surface area contributed by atoms with Crippen LogP contribution in [0.25, 0.3) is 10.9 Å². The third-order valence-corrected chi connectivity index (χ3v) is 4.42. The van der Waals surface area contributed by atoms with Gasteiger partial charge in [0.15, 0.2) is 0 Å². The molecule has 0 aliphatic carbocycles. The monoisotopic (exact) mass is 328 g/mol. The van der Waals surface area contributed by atoms with E-state index in [1.54, 1.807) is 18.2 Å². The first-order valence-electron chi connectivity index (χ1n) is 7.05. The average molecular weight is 328 g/mol. The molecule has 0 spiro atoms. The van der Waals surface area contributed by atoms with Gasteiger partial charge in [0.2, 0.25) is 10.0 Å². The van der Waals surface area contributed by atoms with Gasteiger partial charge in [-0.1, -0.05) is 30.3 Å². The fourth-order valence-corrected chi connectivity index (χ4v) is 3.15. The van der Waals surface area contributed by atoms with Crippen LogP contribution in [0.5, 0.6) is 5.75 Å². The van der Waals surface area contributed by atoms with E-state index in [1.165, 1.54) is 6.07 Å². The smallest absolute Gasteiger partial charge is 0.241 e. The Morgan fingerprint density at radius 2 is 1.78 bits per heavy atom. The quantitative estimate of drug-likeness (QED) is 0.798. The van der Waals surface area contributed by atoms with Crippen LogP contribution in [0.15, 0.2) is 59.5 Å². The first-order valence-corrected chi connectivity index (χ1v) is 8.60. The molecule has 0 amide bonds. The first kappa shape index (κ1) is 15.5. The van der Waals surface area contributed by atoms with Crippen molar-refractivity contribution in [3.8, 4) is 5.75 Å². The van der Waals surface area contributed by atoms with Crippen molar-refractivity contribution in [1.82, 2.24) is 4.98 Å². The number of aryl methyl sites for hydroxylation is 1. The van der Waals surface area contributed by atoms with Crippen molar-refractivity contribution in [2.45, 2.75) is 18.4 Å². The number of primary sulfonamides is 1. The predicted molar refractivity (Wildman–Crippen MR) is 88.6 cm³/mol. The number of pyridine rings is 1. The van der Waals surface area contributed by atoms with E-state index < -0.39 is 10.0 Å². The Bertz CT molecular complexity index is 968. The van der Waals surface area contributed by atoms with E-state index in [1.807, 2.05) is 37.3 Å². The molecule has 1 aromatic heterocycles. The lowest BCUT2D eigenvalue weighted by atomic mass is 10.1. The van der Waals surface area contributed by atoms with E-state index in [-0.39, 0.29) is 17.3 Å². The van der Waals surface area contributed by atoms with Crippen molar-refractivity contribution < 1.29 is 13.2 Å². The van der Waals surface area contributed by atoms with E-state index in [0.717, 1.165) is 22.2 Å². The first-order chi connectivity index (χ1) is 10.9. The van der Waals surface area contributed by atoms with E-state index in [4.69, 9.17) is 9.88 Å². The van der Waals surface area contributed by atoms with Crippen molar-refractivity contribution in [2.75, 3.05) is 0 Å². The molecule has 5 nitrogen and oxygen atoms in total. The van der Waals surface area contributed by atoms with Gasteiger partial charge < -0.3 is 4.74 Å². The minimum absolute atomic E-state index is 0.0184. The summed E-state index contributed by atoms with van der Waals surface area (Å²) >= 11 is 0. The number of sulfonamides is 1. The van der Waals surface area contributed by atoms with Crippen LogP contribution in [-0.4, -0.2) is 13.4 Å². The van der Waals surface area contributed by atoms with Gasteiger partial charge in [0.1, 0.15) is 17.3 Å². The molecule has 23 heavy (non-hydrogen) atoms. The molecule has 0 bridgehead atoms. The van der Waals surface area contributed by atoms with Gasteiger partial charge in [0.25, 0.3) is 0 Å². The van der Waals surface area contributed by atoms with Crippen molar-refractivity contribution >= 4 is 20.9 Å². The molecular formula is C17H16N2O3S. The summed E-state index contributed by atoms with van der Waals surface area (Å²) < 4.78 is 29.0. The Morgan fingerprint density at radius 1 is 1.09 bits per heavy atom. The Morgan fingerprint density at radius 3 is 2.57 bits per heavy atom. The molecule has 1 heterocycles. The molecule has 0 aliphatic rings. The van der Waals surface area contributed by atoms with Gasteiger partial charge >= 0.3 is 0 Å². The van der Waals surface area contributed by atoms with Crippen LogP contribution in [0.4, 0.5) is 0 Å². The molecule has 3 aromatic rings. The second kappa shape index (κ2) is 5.98. The minimum Gasteiger partial charge on any atom is -0.487 e. The van der Waals surface area contributed by atoms with E-state index in [0.29, 0.717) is 0 Å². The maximum atomic E-state index is 11.6. The molecule has 2 N–H and O–H groups in total. The van der Waals surface area contributed by atoms with Crippen LogP contribution >= 0.6 is 0 Å². The number of fused-ring (bicyclic) bond motifs is 1. The van der Waals surface area contributed by atoms with Crippen molar-refractivity contribution in [2.24, 2.45) is 5.14 Å². The summed E-state index contributed by atoms with van der Waals surface area (Å²) in [4.78, 5) is 4.46. The highest BCUT2D eigenvalue weighted by molar-refractivity contribution is 7.89. The second-order valence-electron chi connectivity index (χ2n) is 5.22. The number of ether oxygens (including phenoxy) is 1. The maximum absolute atomic E-state index is 11.6. The highest BCUT2D eigenvalue weighted by Crippen LogP contribution is 2.25. The third-order valence-electron chi connectivity index (χ3n) is 3.47. The topological polar surface area (TPSA) is 82.3 Å². The average Bonchev–Trinajstić information content (AvgIpc) is 2.52. The number of nitrogens with zero attached hydrogens (tertiary/aromatic N) is 1. The third kappa shape index (κ3) is 3.33. The maximum Gasteiger partial charge on any atom is 0.241 e. The molecule has 6 heteroatoms. The lowest BCUT2D eigenvalue weighted by molar-refractivity contribution is 0.299. The molecular weight excluding hydrogens is 312 g/mol. The van der Waals surface area contributed by atoms with Gasteiger partial charge in [-0.2, -0.15) is 0 Å². The Hall–Kier alpha value is -2.44. The molecule has 2 aromatic carbocycles. The van der Waals surface area contributed by atoms with Crippen molar-refractivity contribution in [3.63, 3.8) is 0 Å². The second-order valence-corrected chi connectivity index (χ2v) is 6.75. The highest BCUT2D eigenvalue weighted by atomic mass is 32.2. The van der Waals surface area contributed by atoms with Gasteiger partial charge in [-0.25, -0.2) is 13.6 Å². The van der Waals surface area contributed by atoms with E-state index >= 15 is 0 Å². The molecule has 0 saturated carbocycles. The van der Waals surface area contributed by atoms with Crippen LogP contribution in [-0.2, 0) is 16.6 Å². The lowest BCUT2D eigenvalue weighted by Gasteiger charge is -2.12. The summed E-state index contributed by atoms with van der Waals surface area (Å²) in [5.41, 5.74) is 2.70. The van der Waals surface area contributed by atoms with E-state index in [9.17, 15) is 8.42 Å². The van der Waals surface area contributed by atoms with Crippen LogP contribution in [0.3, 0.4) is 0 Å². The zero-order valence-electron chi connectivity index (χ0n) is 12.6. The van der Waals surface area contributed by atoms with Crippen LogP contribution in [0, 0.1) is 6.92 Å². The van der Waals surface area contributed by atoms with Crippen LogP contribution in [0.2, 0.25) is 0 Å². The molecule has 0 saturated heterocycles. The number of hydrogen-bond donors (Lipinski definition) is 1. The minimum atomic E-state index is -3.83. The van der Waals surface area contributed by atoms with Crippen molar-refractivity contribution in [1.29, 1.82) is 0 Å². The molecule has 0 radical (unpaired) electrons. The SMILES string of the molecule is Cc1cc(COc2ccccc2S(N)(=O)=O)c2ccccc2n1. The van der Waals surface area contributed by atoms with Gasteiger partial charge in [-0.05, 0) is 31.2 Å². The molecule has 0 aliphatic heterocycles. The summed E-state index contributed by atoms with van der Waals surface area (Å²) in [6.07, 6.45) is 0. The Labute approximate surface area is 134 Å². The number of para-hydroxylation sites is 2. The van der Waals surface area contributed by atoms with Crippen LogP contribution in [0.1, 0.15) is 11.3 Å². The summed E-state index contributed by atoms with van der Waals surface area (Å²) in [6.45, 7) is 2.14. The normalized spacial score (nSPS) is 11.6. The van der Waals surface area contributed by atoms with Gasteiger partial charge in [0, 0.05) is 16.6 Å². The van der Waals surface area contributed by atoms with Gasteiger partial charge in [-0.15, -0.1) is 0 Å². The molecule has 3 rings (SSSR count). The predicted octanol–water partition coefficient (Wildman–Crippen LogP) is 2.77. The van der Waals surface area contributed by atoms with Gasteiger partial charge in [-0.3, -0.25) is 4.98 Å². The summed E-state index contributed by atoms with van der Waals surface area (Å²) in [5, 5.41) is 6.20. The van der Waals surface area contributed by atoms with Crippen molar-refractivity contribution in [3.05, 3.63) is 65.9 Å². The summed E-state index contributed by atoms with van der Waals surface area (Å²) in [5.74, 6) is 0.244. The molecule has 0 fully saturated rings. The summed E-state index contributed by atoms with van der Waals surface area (Å²) in [6, 6.07) is 16.0. The highest BCUT2D eigenvalue weighted by Gasteiger charge is 2.15. The number of aromatic nitrogens is 1. The van der Waals surface area contributed by atoms with Crippen LogP contribution < -0.4 is 9.88 Å². The number of hydrogen-bond acceptors (Lipinski definition) is 4. The van der Waals surface area contributed by atoms with Gasteiger partial charge in [0.05, 0.1) is 5.52 Å². The fourth-order valence-electron chi connectivity index (χ4n) is 2.47. The lowest BCUT2D eigenvalue weighted by Crippen LogP contribution is -2.13. The summed E-state index contributed by atoms with van der Waals surface area (Å²) in [7, 11) is -3.83. The molecule has 0 unspecified atom stereocenters. The molecule has 118 valence electrons. The molecule has 0 atom stereocenters. The zero-order chi connectivity index (χ0) is 16.4. The fraction of sp³-hybridized carbons (Fsp3) is 0.118. The standard InChI is InChI=1S/C17H16N2O3S/c1-12-10-13(14-6-2-3-7-15(14)19-12)11-22-16-8-4-5-9-17(16)23(18,20)21/h2-10H,11H2,1H3,(H2,18,20,21).